The highest BCUT2D eigenvalue weighted by Crippen LogP contribution is 2.31. The number of piperidine rings is 1. The zero-order chi connectivity index (χ0) is 16.9. The molecule has 24 heavy (non-hydrogen) atoms. The van der Waals surface area contributed by atoms with Crippen molar-refractivity contribution in [2.75, 3.05) is 13.1 Å². The maximum atomic E-state index is 12.9. The first-order valence-electron chi connectivity index (χ1n) is 8.74. The van der Waals surface area contributed by atoms with Crippen molar-refractivity contribution in [1.29, 1.82) is 0 Å². The summed E-state index contributed by atoms with van der Waals surface area (Å²) in [4.78, 5) is 15.2. The first-order valence-corrected chi connectivity index (χ1v) is 8.74. The molecule has 1 fully saturated rings. The highest BCUT2D eigenvalue weighted by atomic mass is 16.2. The zero-order valence-corrected chi connectivity index (χ0v) is 14.4. The predicted octanol–water partition coefficient (Wildman–Crippen LogP) is 2.86. The number of rotatable bonds is 5. The Balaban J connectivity index is 1.83. The van der Waals surface area contributed by atoms with Gasteiger partial charge < -0.3 is 5.32 Å². The molecule has 2 N–H and O–H groups in total. The SMILES string of the molecule is CC(C)NC(=O)C(c1ccccc1)N1CCCC(c2ccn[nH]2)C1. The molecule has 1 aliphatic heterocycles. The molecular weight excluding hydrogens is 300 g/mol. The van der Waals surface area contributed by atoms with Crippen LogP contribution in [0.2, 0.25) is 0 Å². The molecule has 0 bridgehead atoms. The van der Waals surface area contributed by atoms with Crippen LogP contribution in [-0.2, 0) is 4.79 Å². The van der Waals surface area contributed by atoms with Gasteiger partial charge in [-0.25, -0.2) is 0 Å². The molecule has 1 aromatic heterocycles. The van der Waals surface area contributed by atoms with Gasteiger partial charge in [0.05, 0.1) is 0 Å². The van der Waals surface area contributed by atoms with Gasteiger partial charge in [0.15, 0.2) is 0 Å². The largest absolute Gasteiger partial charge is 0.352 e. The Morgan fingerprint density at radius 3 is 2.75 bits per heavy atom. The van der Waals surface area contributed by atoms with Gasteiger partial charge in [0.25, 0.3) is 0 Å². The van der Waals surface area contributed by atoms with Crippen molar-refractivity contribution < 1.29 is 4.79 Å². The van der Waals surface area contributed by atoms with E-state index in [1.807, 2.05) is 50.2 Å². The van der Waals surface area contributed by atoms with Crippen molar-refractivity contribution in [3.05, 3.63) is 53.9 Å². The third kappa shape index (κ3) is 3.85. The fourth-order valence-electron chi connectivity index (χ4n) is 3.52. The molecule has 2 atom stereocenters. The molecular formula is C19H26N4O. The average Bonchev–Trinajstić information content (AvgIpc) is 3.10. The van der Waals surface area contributed by atoms with E-state index >= 15 is 0 Å². The Kier molecular flexibility index (Phi) is 5.30. The van der Waals surface area contributed by atoms with Crippen LogP contribution in [0.1, 0.15) is 49.9 Å². The third-order valence-electron chi connectivity index (χ3n) is 4.57. The molecule has 128 valence electrons. The van der Waals surface area contributed by atoms with Crippen LogP contribution >= 0.6 is 0 Å². The van der Waals surface area contributed by atoms with E-state index < -0.39 is 0 Å². The molecule has 2 unspecified atom stereocenters. The number of hydrogen-bond acceptors (Lipinski definition) is 3. The molecule has 0 aliphatic carbocycles. The number of nitrogens with one attached hydrogen (secondary N) is 2. The minimum absolute atomic E-state index is 0.0847. The van der Waals surface area contributed by atoms with Crippen LogP contribution in [0.15, 0.2) is 42.6 Å². The number of amides is 1. The number of carbonyl (C=O) groups excluding carboxylic acids is 1. The number of hydrogen-bond donors (Lipinski definition) is 2. The van der Waals surface area contributed by atoms with Crippen molar-refractivity contribution in [1.82, 2.24) is 20.4 Å². The second kappa shape index (κ2) is 7.62. The molecule has 1 aromatic carbocycles. The summed E-state index contributed by atoms with van der Waals surface area (Å²) in [7, 11) is 0. The summed E-state index contributed by atoms with van der Waals surface area (Å²) in [6.07, 6.45) is 4.02. The first-order chi connectivity index (χ1) is 11.6. The molecule has 5 heteroatoms. The third-order valence-corrected chi connectivity index (χ3v) is 4.57. The Labute approximate surface area is 143 Å². The van der Waals surface area contributed by atoms with Gasteiger partial charge >= 0.3 is 0 Å². The zero-order valence-electron chi connectivity index (χ0n) is 14.4. The molecule has 0 spiro atoms. The maximum absolute atomic E-state index is 12.9. The lowest BCUT2D eigenvalue weighted by Gasteiger charge is -2.37. The molecule has 1 amide bonds. The summed E-state index contributed by atoms with van der Waals surface area (Å²) >= 11 is 0. The quantitative estimate of drug-likeness (QED) is 0.888. The number of carbonyl (C=O) groups is 1. The molecule has 2 aromatic rings. The highest BCUT2D eigenvalue weighted by molar-refractivity contribution is 5.83. The summed E-state index contributed by atoms with van der Waals surface area (Å²) in [6.45, 7) is 5.82. The fourth-order valence-corrected chi connectivity index (χ4v) is 3.52. The number of benzene rings is 1. The van der Waals surface area contributed by atoms with Gasteiger partial charge in [-0.1, -0.05) is 30.3 Å². The topological polar surface area (TPSA) is 61.0 Å². The van der Waals surface area contributed by atoms with E-state index in [1.165, 1.54) is 0 Å². The van der Waals surface area contributed by atoms with Crippen LogP contribution in [0, 0.1) is 0 Å². The lowest BCUT2D eigenvalue weighted by molar-refractivity contribution is -0.127. The van der Waals surface area contributed by atoms with Crippen LogP contribution < -0.4 is 5.32 Å². The fraction of sp³-hybridized carbons (Fsp3) is 0.474. The van der Waals surface area contributed by atoms with Gasteiger partial charge in [0.1, 0.15) is 6.04 Å². The monoisotopic (exact) mass is 326 g/mol. The van der Waals surface area contributed by atoms with E-state index in [4.69, 9.17) is 0 Å². The van der Waals surface area contributed by atoms with E-state index in [0.717, 1.165) is 37.2 Å². The number of nitrogens with zero attached hydrogens (tertiary/aromatic N) is 2. The number of H-pyrrole nitrogens is 1. The summed E-state index contributed by atoms with van der Waals surface area (Å²) < 4.78 is 0. The first kappa shape index (κ1) is 16.7. The molecule has 5 nitrogen and oxygen atoms in total. The van der Waals surface area contributed by atoms with Crippen molar-refractivity contribution in [3.63, 3.8) is 0 Å². The minimum atomic E-state index is -0.237. The number of aromatic amines is 1. The maximum Gasteiger partial charge on any atom is 0.242 e. The molecule has 3 rings (SSSR count). The van der Waals surface area contributed by atoms with Crippen LogP contribution in [0.3, 0.4) is 0 Å². The second-order valence-electron chi connectivity index (χ2n) is 6.82. The lowest BCUT2D eigenvalue weighted by atomic mass is 9.92. The Morgan fingerprint density at radius 1 is 1.29 bits per heavy atom. The molecule has 0 radical (unpaired) electrons. The van der Waals surface area contributed by atoms with Crippen LogP contribution in [0.5, 0.6) is 0 Å². The van der Waals surface area contributed by atoms with E-state index in [2.05, 4.69) is 20.4 Å². The summed E-state index contributed by atoms with van der Waals surface area (Å²) in [5.41, 5.74) is 2.22. The summed E-state index contributed by atoms with van der Waals surface area (Å²) in [5, 5.41) is 10.3. The highest BCUT2D eigenvalue weighted by Gasteiger charge is 2.32. The summed E-state index contributed by atoms with van der Waals surface area (Å²) in [6, 6.07) is 12.0. The van der Waals surface area contributed by atoms with Crippen molar-refractivity contribution >= 4 is 5.91 Å². The number of aromatic nitrogens is 2. The lowest BCUT2D eigenvalue weighted by Crippen LogP contribution is -2.46. The van der Waals surface area contributed by atoms with Gasteiger partial charge in [-0.2, -0.15) is 5.10 Å². The Hall–Kier alpha value is -2.14. The van der Waals surface area contributed by atoms with E-state index in [9.17, 15) is 4.79 Å². The van der Waals surface area contributed by atoms with Crippen LogP contribution in [-0.4, -0.2) is 40.1 Å². The van der Waals surface area contributed by atoms with E-state index in [1.54, 1.807) is 6.20 Å². The van der Waals surface area contributed by atoms with E-state index in [-0.39, 0.29) is 18.0 Å². The van der Waals surface area contributed by atoms with Gasteiger partial charge in [-0.3, -0.25) is 14.8 Å². The molecule has 0 saturated carbocycles. The van der Waals surface area contributed by atoms with Crippen LogP contribution in [0.4, 0.5) is 0 Å². The molecule has 1 aliphatic rings. The molecule has 1 saturated heterocycles. The van der Waals surface area contributed by atoms with Gasteiger partial charge in [-0.05, 0) is 44.9 Å². The van der Waals surface area contributed by atoms with E-state index in [0.29, 0.717) is 5.92 Å². The normalized spacial score (nSPS) is 20.0. The average molecular weight is 326 g/mol. The van der Waals surface area contributed by atoms with Crippen molar-refractivity contribution in [3.8, 4) is 0 Å². The Bertz CT molecular complexity index is 639. The predicted molar refractivity (Wildman–Crippen MR) is 94.6 cm³/mol. The van der Waals surface area contributed by atoms with Crippen LogP contribution in [0.25, 0.3) is 0 Å². The van der Waals surface area contributed by atoms with Gasteiger partial charge in [0.2, 0.25) is 5.91 Å². The smallest absolute Gasteiger partial charge is 0.242 e. The Morgan fingerprint density at radius 2 is 2.08 bits per heavy atom. The van der Waals surface area contributed by atoms with Gasteiger partial charge in [0, 0.05) is 30.4 Å². The standard InChI is InChI=1S/C19H26N4O/c1-14(2)21-19(24)18(15-7-4-3-5-8-15)23-12-6-9-16(13-23)17-10-11-20-22-17/h3-5,7-8,10-11,14,16,18H,6,9,12-13H2,1-2H3,(H,20,22)(H,21,24). The summed E-state index contributed by atoms with van der Waals surface area (Å²) in [5.74, 6) is 0.487. The molecule has 2 heterocycles. The second-order valence-corrected chi connectivity index (χ2v) is 6.82. The van der Waals surface area contributed by atoms with Crippen molar-refractivity contribution in [2.24, 2.45) is 0 Å². The van der Waals surface area contributed by atoms with Crippen molar-refractivity contribution in [2.45, 2.75) is 44.7 Å². The minimum Gasteiger partial charge on any atom is -0.352 e. The van der Waals surface area contributed by atoms with Gasteiger partial charge in [-0.15, -0.1) is 0 Å². The number of likely N-dealkylation sites (tertiary alicyclic amines) is 1.